The van der Waals surface area contributed by atoms with E-state index in [1.165, 1.54) is 23.5 Å². The quantitative estimate of drug-likeness (QED) is 0.850. The van der Waals surface area contributed by atoms with E-state index in [2.05, 4.69) is 10.3 Å². The Morgan fingerprint density at radius 3 is 2.54 bits per heavy atom. The van der Waals surface area contributed by atoms with E-state index < -0.39 is 21.6 Å². The molecule has 0 unspecified atom stereocenters. The summed E-state index contributed by atoms with van der Waals surface area (Å²) in [5.41, 5.74) is 0.295. The van der Waals surface area contributed by atoms with E-state index in [4.69, 9.17) is 0 Å². The van der Waals surface area contributed by atoms with Crippen molar-refractivity contribution in [3.8, 4) is 10.6 Å². The Labute approximate surface area is 152 Å². The Balaban J connectivity index is 1.62. The second kappa shape index (κ2) is 6.99. The van der Waals surface area contributed by atoms with Crippen molar-refractivity contribution in [1.29, 1.82) is 0 Å². The van der Waals surface area contributed by atoms with Gasteiger partial charge in [0.05, 0.1) is 29.2 Å². The van der Waals surface area contributed by atoms with Crippen molar-refractivity contribution >= 4 is 27.1 Å². The van der Waals surface area contributed by atoms with Crippen molar-refractivity contribution in [3.63, 3.8) is 0 Å². The first-order valence-corrected chi connectivity index (χ1v) is 10.4. The number of rotatable bonds is 4. The van der Waals surface area contributed by atoms with Crippen LogP contribution in [0.2, 0.25) is 0 Å². The van der Waals surface area contributed by atoms with Crippen LogP contribution in [0.4, 0.5) is 13.2 Å². The number of aromatic nitrogens is 1. The molecule has 1 aliphatic rings. The molecule has 1 atom stereocenters. The lowest BCUT2D eigenvalue weighted by Crippen LogP contribution is -2.36. The minimum Gasteiger partial charge on any atom is -0.352 e. The highest BCUT2D eigenvalue weighted by Gasteiger charge is 2.30. The summed E-state index contributed by atoms with van der Waals surface area (Å²) in [6, 6.07) is 4.29. The summed E-state index contributed by atoms with van der Waals surface area (Å²) in [5, 5.41) is 4.86. The van der Waals surface area contributed by atoms with Crippen molar-refractivity contribution in [3.05, 3.63) is 40.9 Å². The fraction of sp³-hybridized carbons (Fsp3) is 0.375. The van der Waals surface area contributed by atoms with E-state index in [1.807, 2.05) is 0 Å². The van der Waals surface area contributed by atoms with Gasteiger partial charge < -0.3 is 5.32 Å². The summed E-state index contributed by atoms with van der Waals surface area (Å²) in [5.74, 6) is -0.296. The summed E-state index contributed by atoms with van der Waals surface area (Å²) < 4.78 is 60.6. The maximum absolute atomic E-state index is 12.6. The highest BCUT2D eigenvalue weighted by molar-refractivity contribution is 7.91. The van der Waals surface area contributed by atoms with Crippen LogP contribution in [-0.2, 0) is 27.2 Å². The highest BCUT2D eigenvalue weighted by Crippen LogP contribution is 2.31. The zero-order valence-corrected chi connectivity index (χ0v) is 15.0. The number of halogens is 3. The molecule has 1 saturated heterocycles. The predicted octanol–water partition coefficient (Wildman–Crippen LogP) is 2.67. The largest absolute Gasteiger partial charge is 0.416 e. The fourth-order valence-corrected chi connectivity index (χ4v) is 5.17. The van der Waals surface area contributed by atoms with E-state index in [0.29, 0.717) is 22.7 Å². The van der Waals surface area contributed by atoms with E-state index in [0.717, 1.165) is 12.1 Å². The minimum absolute atomic E-state index is 0.00627. The van der Waals surface area contributed by atoms with Crippen molar-refractivity contribution < 1.29 is 26.4 Å². The molecule has 10 heteroatoms. The van der Waals surface area contributed by atoms with Crippen LogP contribution in [0.5, 0.6) is 0 Å². The molecular formula is C16H15F3N2O3S2. The van der Waals surface area contributed by atoms with Crippen LogP contribution >= 0.6 is 11.3 Å². The number of benzene rings is 1. The van der Waals surface area contributed by atoms with Gasteiger partial charge in [-0.2, -0.15) is 13.2 Å². The zero-order valence-electron chi connectivity index (χ0n) is 13.4. The Morgan fingerprint density at radius 2 is 1.96 bits per heavy atom. The van der Waals surface area contributed by atoms with Gasteiger partial charge in [0.25, 0.3) is 0 Å². The Morgan fingerprint density at radius 1 is 1.27 bits per heavy atom. The smallest absolute Gasteiger partial charge is 0.352 e. The van der Waals surface area contributed by atoms with Crippen molar-refractivity contribution in [2.75, 3.05) is 11.5 Å². The van der Waals surface area contributed by atoms with Gasteiger partial charge in [0, 0.05) is 17.0 Å². The maximum Gasteiger partial charge on any atom is 0.416 e. The summed E-state index contributed by atoms with van der Waals surface area (Å²) in [4.78, 5) is 16.3. The highest BCUT2D eigenvalue weighted by atomic mass is 32.2. The summed E-state index contributed by atoms with van der Waals surface area (Å²) in [6.07, 6.45) is -3.99. The molecule has 0 spiro atoms. The van der Waals surface area contributed by atoms with Crippen molar-refractivity contribution in [2.24, 2.45) is 0 Å². The van der Waals surface area contributed by atoms with Crippen LogP contribution in [0, 0.1) is 0 Å². The molecule has 0 saturated carbocycles. The van der Waals surface area contributed by atoms with Crippen molar-refractivity contribution in [1.82, 2.24) is 10.3 Å². The van der Waals surface area contributed by atoms with Crippen LogP contribution < -0.4 is 5.32 Å². The topological polar surface area (TPSA) is 76.1 Å². The van der Waals surface area contributed by atoms with Gasteiger partial charge >= 0.3 is 6.18 Å². The van der Waals surface area contributed by atoms with Crippen LogP contribution in [0.3, 0.4) is 0 Å². The molecule has 26 heavy (non-hydrogen) atoms. The van der Waals surface area contributed by atoms with Gasteiger partial charge in [0.2, 0.25) is 5.91 Å². The minimum atomic E-state index is -4.39. The molecule has 0 bridgehead atoms. The second-order valence-electron chi connectivity index (χ2n) is 6.06. The molecule has 2 aromatic rings. The number of carbonyl (C=O) groups is 1. The Bertz CT molecular complexity index is 906. The van der Waals surface area contributed by atoms with Crippen LogP contribution in [0.1, 0.15) is 17.7 Å². The molecule has 1 N–H and O–H groups in total. The maximum atomic E-state index is 12.6. The molecule has 5 nitrogen and oxygen atoms in total. The molecule has 0 radical (unpaired) electrons. The first kappa shape index (κ1) is 18.8. The molecular weight excluding hydrogens is 389 g/mol. The van der Waals surface area contributed by atoms with Gasteiger partial charge in [-0.05, 0) is 18.6 Å². The number of carbonyl (C=O) groups excluding carboxylic acids is 1. The number of sulfone groups is 1. The van der Waals surface area contributed by atoms with Gasteiger partial charge in [-0.1, -0.05) is 12.1 Å². The SMILES string of the molecule is O=C(Cc1csc(-c2ccc(C(F)(F)F)cc2)n1)N[C@H]1CCS(=O)(=O)C1. The van der Waals surface area contributed by atoms with E-state index in [-0.39, 0.29) is 29.9 Å². The standard InChI is InChI=1S/C16H15F3N2O3S2/c17-16(18,19)11-3-1-10(2-4-11)15-21-13(8-25-15)7-14(22)20-12-5-6-26(23,24)9-12/h1-4,8,12H,5-7,9H2,(H,20,22)/t12-/m0/s1. The number of hydrogen-bond donors (Lipinski definition) is 1. The third kappa shape index (κ3) is 4.61. The van der Waals surface area contributed by atoms with Crippen molar-refractivity contribution in [2.45, 2.75) is 25.1 Å². The van der Waals surface area contributed by atoms with Crippen LogP contribution in [0.15, 0.2) is 29.6 Å². The molecule has 1 aliphatic heterocycles. The third-order valence-electron chi connectivity index (χ3n) is 3.95. The summed E-state index contributed by atoms with van der Waals surface area (Å²) in [6.45, 7) is 0. The average molecular weight is 404 g/mol. The molecule has 140 valence electrons. The lowest BCUT2D eigenvalue weighted by molar-refractivity contribution is -0.137. The molecule has 1 fully saturated rings. The predicted molar refractivity (Wildman–Crippen MR) is 91.5 cm³/mol. The molecule has 1 aromatic heterocycles. The van der Waals surface area contributed by atoms with Gasteiger partial charge in [-0.3, -0.25) is 4.79 Å². The number of amides is 1. The Hall–Kier alpha value is -1.94. The molecule has 1 aromatic carbocycles. The zero-order chi connectivity index (χ0) is 18.9. The second-order valence-corrected chi connectivity index (χ2v) is 9.15. The lowest BCUT2D eigenvalue weighted by Gasteiger charge is -2.09. The molecule has 3 rings (SSSR count). The van der Waals surface area contributed by atoms with Gasteiger partial charge in [0.15, 0.2) is 9.84 Å². The number of hydrogen-bond acceptors (Lipinski definition) is 5. The summed E-state index contributed by atoms with van der Waals surface area (Å²) in [7, 11) is -3.07. The number of alkyl halides is 3. The van der Waals surface area contributed by atoms with E-state index in [9.17, 15) is 26.4 Å². The molecule has 0 aliphatic carbocycles. The Kier molecular flexibility index (Phi) is 5.07. The third-order valence-corrected chi connectivity index (χ3v) is 6.66. The van der Waals surface area contributed by atoms with Crippen LogP contribution in [-0.4, -0.2) is 36.9 Å². The van der Waals surface area contributed by atoms with Gasteiger partial charge in [0.1, 0.15) is 5.01 Å². The molecule has 1 amide bonds. The lowest BCUT2D eigenvalue weighted by atomic mass is 10.1. The van der Waals surface area contributed by atoms with Gasteiger partial charge in [-0.25, -0.2) is 13.4 Å². The summed E-state index contributed by atoms with van der Waals surface area (Å²) >= 11 is 1.23. The first-order valence-electron chi connectivity index (χ1n) is 7.74. The number of nitrogens with zero attached hydrogens (tertiary/aromatic N) is 1. The molecule has 2 heterocycles. The van der Waals surface area contributed by atoms with Crippen LogP contribution in [0.25, 0.3) is 10.6 Å². The average Bonchev–Trinajstić information content (AvgIpc) is 3.13. The first-order chi connectivity index (χ1) is 12.1. The van der Waals surface area contributed by atoms with E-state index >= 15 is 0 Å². The fourth-order valence-electron chi connectivity index (χ4n) is 2.67. The number of thiazole rings is 1. The monoisotopic (exact) mass is 404 g/mol. The number of nitrogens with one attached hydrogen (secondary N) is 1. The van der Waals surface area contributed by atoms with E-state index in [1.54, 1.807) is 5.38 Å². The normalized spacial score (nSPS) is 19.4. The van der Waals surface area contributed by atoms with Gasteiger partial charge in [-0.15, -0.1) is 11.3 Å².